The first kappa shape index (κ1) is 20.3. The Bertz CT molecular complexity index is 608. The van der Waals surface area contributed by atoms with Gasteiger partial charge >= 0.3 is 18.1 Å². The van der Waals surface area contributed by atoms with Crippen LogP contribution in [0.4, 0.5) is 21.0 Å². The van der Waals surface area contributed by atoms with E-state index in [-0.39, 0.29) is 19.6 Å². The molecule has 138 valence electrons. The van der Waals surface area contributed by atoms with Gasteiger partial charge in [-0.15, -0.1) is 0 Å². The molecule has 1 aromatic rings. The average Bonchev–Trinajstić information content (AvgIpc) is 2.47. The zero-order valence-corrected chi connectivity index (χ0v) is 15.0. The lowest BCUT2D eigenvalue weighted by atomic mass is 10.2. The van der Waals surface area contributed by atoms with Gasteiger partial charge in [-0.1, -0.05) is 0 Å². The van der Waals surface area contributed by atoms with E-state index in [1.165, 1.54) is 4.90 Å². The van der Waals surface area contributed by atoms with Gasteiger partial charge in [-0.2, -0.15) is 0 Å². The standard InChI is InChI=1S/C17H25N3O5/c1-5-24-14(21)10-11-20(15(18)22)13-8-6-12(7-9-13)19-16(23)25-17(2,3)4/h6-9H,5,10-11H2,1-4H3,(H2,18,22)(H,19,23). The summed E-state index contributed by atoms with van der Waals surface area (Å²) < 4.78 is 9.99. The van der Waals surface area contributed by atoms with Gasteiger partial charge in [0, 0.05) is 17.9 Å². The van der Waals surface area contributed by atoms with Gasteiger partial charge in [0.1, 0.15) is 5.60 Å². The quantitative estimate of drug-likeness (QED) is 0.766. The molecule has 0 aliphatic rings. The molecule has 8 heteroatoms. The van der Waals surface area contributed by atoms with E-state index in [9.17, 15) is 14.4 Å². The number of esters is 1. The second-order valence-corrected chi connectivity index (χ2v) is 6.22. The van der Waals surface area contributed by atoms with Crippen LogP contribution >= 0.6 is 0 Å². The van der Waals surface area contributed by atoms with Gasteiger partial charge in [-0.25, -0.2) is 9.59 Å². The Balaban J connectivity index is 2.72. The maximum absolute atomic E-state index is 11.7. The summed E-state index contributed by atoms with van der Waals surface area (Å²) in [5, 5.41) is 2.59. The fourth-order valence-electron chi connectivity index (χ4n) is 1.95. The summed E-state index contributed by atoms with van der Waals surface area (Å²) >= 11 is 0. The van der Waals surface area contributed by atoms with Crippen LogP contribution in [0.5, 0.6) is 0 Å². The molecule has 0 aliphatic heterocycles. The van der Waals surface area contributed by atoms with Crippen LogP contribution in [0.15, 0.2) is 24.3 Å². The number of primary amides is 1. The summed E-state index contributed by atoms with van der Waals surface area (Å²) in [5.74, 6) is -0.406. The van der Waals surface area contributed by atoms with Gasteiger partial charge in [-0.05, 0) is 52.0 Å². The number of hydrogen-bond donors (Lipinski definition) is 2. The molecule has 0 spiro atoms. The molecule has 0 saturated heterocycles. The van der Waals surface area contributed by atoms with Gasteiger partial charge < -0.3 is 15.2 Å². The number of carbonyl (C=O) groups is 3. The van der Waals surface area contributed by atoms with E-state index in [1.807, 2.05) is 0 Å². The van der Waals surface area contributed by atoms with Crippen molar-refractivity contribution in [1.82, 2.24) is 0 Å². The van der Waals surface area contributed by atoms with Crippen molar-refractivity contribution in [3.8, 4) is 0 Å². The predicted molar refractivity (Wildman–Crippen MR) is 94.5 cm³/mol. The zero-order chi connectivity index (χ0) is 19.0. The number of carbonyl (C=O) groups excluding carboxylic acids is 3. The molecule has 1 rings (SSSR count). The van der Waals surface area contributed by atoms with Crippen molar-refractivity contribution in [2.24, 2.45) is 5.73 Å². The molecule has 0 fully saturated rings. The second kappa shape index (κ2) is 8.91. The maximum atomic E-state index is 11.7. The molecular formula is C17H25N3O5. The number of ether oxygens (including phenoxy) is 2. The predicted octanol–water partition coefficient (Wildman–Crippen LogP) is 2.87. The second-order valence-electron chi connectivity index (χ2n) is 6.22. The van der Waals surface area contributed by atoms with Crippen LogP contribution in [0.1, 0.15) is 34.1 Å². The molecule has 8 nitrogen and oxygen atoms in total. The van der Waals surface area contributed by atoms with Crippen molar-refractivity contribution in [2.45, 2.75) is 39.7 Å². The Hall–Kier alpha value is -2.77. The first-order chi connectivity index (χ1) is 11.6. The third-order valence-corrected chi connectivity index (χ3v) is 2.94. The molecule has 0 atom stereocenters. The molecule has 0 radical (unpaired) electrons. The highest BCUT2D eigenvalue weighted by Gasteiger charge is 2.17. The van der Waals surface area contributed by atoms with Gasteiger partial charge in [0.05, 0.1) is 13.0 Å². The Kier molecular flexibility index (Phi) is 7.22. The third-order valence-electron chi connectivity index (χ3n) is 2.94. The van der Waals surface area contributed by atoms with Gasteiger partial charge in [0.25, 0.3) is 0 Å². The zero-order valence-electron chi connectivity index (χ0n) is 15.0. The van der Waals surface area contributed by atoms with Crippen LogP contribution in [0.3, 0.4) is 0 Å². The van der Waals surface area contributed by atoms with Crippen LogP contribution in [-0.2, 0) is 14.3 Å². The molecule has 0 bridgehead atoms. The van der Waals surface area contributed by atoms with E-state index < -0.39 is 23.7 Å². The third kappa shape index (κ3) is 7.56. The monoisotopic (exact) mass is 351 g/mol. The lowest BCUT2D eigenvalue weighted by Crippen LogP contribution is -2.37. The number of nitrogens with zero attached hydrogens (tertiary/aromatic N) is 1. The van der Waals surface area contributed by atoms with E-state index in [0.29, 0.717) is 11.4 Å². The normalized spacial score (nSPS) is 10.7. The van der Waals surface area contributed by atoms with E-state index in [1.54, 1.807) is 52.0 Å². The molecule has 0 unspecified atom stereocenters. The highest BCUT2D eigenvalue weighted by Crippen LogP contribution is 2.19. The molecule has 0 heterocycles. The lowest BCUT2D eigenvalue weighted by Gasteiger charge is -2.21. The van der Waals surface area contributed by atoms with Crippen molar-refractivity contribution in [1.29, 1.82) is 0 Å². The van der Waals surface area contributed by atoms with Crippen LogP contribution in [0, 0.1) is 0 Å². The fourth-order valence-corrected chi connectivity index (χ4v) is 1.95. The fraction of sp³-hybridized carbons (Fsp3) is 0.471. The summed E-state index contributed by atoms with van der Waals surface area (Å²) in [5.41, 5.74) is 5.78. The van der Waals surface area contributed by atoms with Crippen LogP contribution < -0.4 is 16.0 Å². The number of amides is 3. The number of nitrogens with two attached hydrogens (primary N) is 1. The van der Waals surface area contributed by atoms with Crippen LogP contribution in [0.25, 0.3) is 0 Å². The number of urea groups is 1. The molecule has 1 aromatic carbocycles. The SMILES string of the molecule is CCOC(=O)CCN(C(N)=O)c1ccc(NC(=O)OC(C)(C)C)cc1. The molecule has 0 aromatic heterocycles. The number of nitrogens with one attached hydrogen (secondary N) is 1. The van der Waals surface area contributed by atoms with Gasteiger partial charge in [-0.3, -0.25) is 15.0 Å². The summed E-state index contributed by atoms with van der Waals surface area (Å²) in [6, 6.07) is 5.77. The van der Waals surface area contributed by atoms with Crippen molar-refractivity contribution in [2.75, 3.05) is 23.4 Å². The Morgan fingerprint density at radius 2 is 1.76 bits per heavy atom. The minimum atomic E-state index is -0.683. The summed E-state index contributed by atoms with van der Waals surface area (Å²) in [4.78, 5) is 36.0. The van der Waals surface area contributed by atoms with Crippen molar-refractivity contribution in [3.63, 3.8) is 0 Å². The number of benzene rings is 1. The Morgan fingerprint density at radius 3 is 2.24 bits per heavy atom. The minimum Gasteiger partial charge on any atom is -0.466 e. The van der Waals surface area contributed by atoms with Crippen LogP contribution in [0.2, 0.25) is 0 Å². The molecule has 3 N–H and O–H groups in total. The Labute approximate surface area is 147 Å². The highest BCUT2D eigenvalue weighted by atomic mass is 16.6. The molecule has 25 heavy (non-hydrogen) atoms. The largest absolute Gasteiger partial charge is 0.466 e. The van der Waals surface area contributed by atoms with Crippen molar-refractivity contribution in [3.05, 3.63) is 24.3 Å². The molecular weight excluding hydrogens is 326 g/mol. The number of rotatable bonds is 6. The summed E-state index contributed by atoms with van der Waals surface area (Å²) in [7, 11) is 0. The first-order valence-corrected chi connectivity index (χ1v) is 7.95. The van der Waals surface area contributed by atoms with Crippen molar-refractivity contribution >= 4 is 29.5 Å². The molecule has 3 amide bonds. The van der Waals surface area contributed by atoms with Gasteiger partial charge in [0.15, 0.2) is 0 Å². The average molecular weight is 351 g/mol. The smallest absolute Gasteiger partial charge is 0.412 e. The highest BCUT2D eigenvalue weighted by molar-refractivity contribution is 5.92. The van der Waals surface area contributed by atoms with E-state index in [0.717, 1.165) is 0 Å². The lowest BCUT2D eigenvalue weighted by molar-refractivity contribution is -0.142. The van der Waals surface area contributed by atoms with E-state index >= 15 is 0 Å². The van der Waals surface area contributed by atoms with Gasteiger partial charge in [0.2, 0.25) is 0 Å². The van der Waals surface area contributed by atoms with E-state index in [2.05, 4.69) is 5.32 Å². The van der Waals surface area contributed by atoms with E-state index in [4.69, 9.17) is 15.2 Å². The number of anilines is 2. The molecule has 0 saturated carbocycles. The first-order valence-electron chi connectivity index (χ1n) is 7.95. The maximum Gasteiger partial charge on any atom is 0.412 e. The van der Waals surface area contributed by atoms with Crippen LogP contribution in [-0.4, -0.2) is 36.8 Å². The summed E-state index contributed by atoms with van der Waals surface area (Å²) in [6.07, 6.45) is -0.538. The topological polar surface area (TPSA) is 111 Å². The minimum absolute atomic E-state index is 0.0364. The van der Waals surface area contributed by atoms with Crippen molar-refractivity contribution < 1.29 is 23.9 Å². The number of hydrogen-bond acceptors (Lipinski definition) is 5. The summed E-state index contributed by atoms with van der Waals surface area (Å²) in [6.45, 7) is 7.39. The molecule has 0 aliphatic carbocycles. The Morgan fingerprint density at radius 1 is 1.16 bits per heavy atom.